The van der Waals surface area contributed by atoms with Gasteiger partial charge in [-0.25, -0.2) is 9.59 Å². The van der Waals surface area contributed by atoms with E-state index < -0.39 is 29.9 Å². The topological polar surface area (TPSA) is 87.9 Å². The van der Waals surface area contributed by atoms with Gasteiger partial charge in [0.05, 0.1) is 5.88 Å². The normalized spacial score (nSPS) is 13.8. The number of carbonyl (C=O) groups excluding carboxylic acids is 2. The van der Waals surface area contributed by atoms with Crippen molar-refractivity contribution in [2.24, 2.45) is 11.1 Å². The number of halogens is 1. The summed E-state index contributed by atoms with van der Waals surface area (Å²) in [6.45, 7) is 5.43. The van der Waals surface area contributed by atoms with Crippen LogP contribution in [0, 0.1) is 5.41 Å². The van der Waals surface area contributed by atoms with Gasteiger partial charge in [0.1, 0.15) is 11.9 Å². The molecular formula is C15H20ClNO5. The number of para-hydroxylation sites is 1. The zero-order chi connectivity index (χ0) is 16.8. The summed E-state index contributed by atoms with van der Waals surface area (Å²) < 4.78 is 15.2. The second-order valence-electron chi connectivity index (χ2n) is 5.70. The average Bonchev–Trinajstić information content (AvgIpc) is 2.42. The maximum atomic E-state index is 11.8. The molecule has 7 heteroatoms. The molecule has 2 N–H and O–H groups in total. The first-order valence-corrected chi connectivity index (χ1v) is 7.23. The third kappa shape index (κ3) is 5.81. The Morgan fingerprint density at radius 3 is 2.23 bits per heavy atom. The van der Waals surface area contributed by atoms with Crippen LogP contribution in [-0.2, 0) is 9.47 Å². The lowest BCUT2D eigenvalue weighted by Crippen LogP contribution is -2.46. The van der Waals surface area contributed by atoms with Gasteiger partial charge in [0, 0.05) is 5.41 Å². The van der Waals surface area contributed by atoms with Crippen molar-refractivity contribution < 1.29 is 23.8 Å². The van der Waals surface area contributed by atoms with Crippen LogP contribution in [0.3, 0.4) is 0 Å². The van der Waals surface area contributed by atoms with E-state index in [1.165, 1.54) is 0 Å². The molecule has 1 aromatic carbocycles. The van der Waals surface area contributed by atoms with Crippen LogP contribution in [0.5, 0.6) is 5.75 Å². The third-order valence-corrected chi connectivity index (χ3v) is 3.08. The smallest absolute Gasteiger partial charge is 0.442 e. The highest BCUT2D eigenvalue weighted by Gasteiger charge is 2.38. The lowest BCUT2D eigenvalue weighted by Gasteiger charge is -2.34. The van der Waals surface area contributed by atoms with Gasteiger partial charge in [-0.1, -0.05) is 39.0 Å². The van der Waals surface area contributed by atoms with Gasteiger partial charge in [-0.05, 0) is 12.1 Å². The van der Waals surface area contributed by atoms with Crippen molar-refractivity contribution in [1.29, 1.82) is 0 Å². The van der Waals surface area contributed by atoms with Crippen LogP contribution < -0.4 is 10.5 Å². The van der Waals surface area contributed by atoms with Crippen molar-refractivity contribution in [2.75, 3.05) is 5.88 Å². The monoisotopic (exact) mass is 329 g/mol. The van der Waals surface area contributed by atoms with Crippen LogP contribution in [0.1, 0.15) is 20.8 Å². The van der Waals surface area contributed by atoms with Crippen molar-refractivity contribution in [3.8, 4) is 5.75 Å². The summed E-state index contributed by atoms with van der Waals surface area (Å²) in [5.41, 5.74) is 4.53. The van der Waals surface area contributed by atoms with E-state index in [0.717, 1.165) is 0 Å². The molecule has 1 amide bonds. The second kappa shape index (κ2) is 7.89. The Balaban J connectivity index is 2.76. The second-order valence-corrected chi connectivity index (χ2v) is 6.01. The van der Waals surface area contributed by atoms with Crippen molar-refractivity contribution in [2.45, 2.75) is 33.0 Å². The molecule has 0 fully saturated rings. The minimum absolute atomic E-state index is 0.0703. The summed E-state index contributed by atoms with van der Waals surface area (Å²) in [5.74, 6) is 0.267. The van der Waals surface area contributed by atoms with Gasteiger partial charge in [-0.2, -0.15) is 0 Å². The van der Waals surface area contributed by atoms with Gasteiger partial charge < -0.3 is 19.9 Å². The summed E-state index contributed by atoms with van der Waals surface area (Å²) >= 11 is 5.83. The zero-order valence-corrected chi connectivity index (χ0v) is 13.5. The first-order valence-electron chi connectivity index (χ1n) is 6.69. The zero-order valence-electron chi connectivity index (χ0n) is 12.7. The van der Waals surface area contributed by atoms with E-state index in [4.69, 9.17) is 31.5 Å². The minimum Gasteiger partial charge on any atom is -0.442 e. The fraction of sp³-hybridized carbons (Fsp3) is 0.467. The molecule has 0 aliphatic rings. The Bertz CT molecular complexity index is 500. The quantitative estimate of drug-likeness (QED) is 0.508. The van der Waals surface area contributed by atoms with Crippen molar-refractivity contribution in [3.05, 3.63) is 30.3 Å². The Morgan fingerprint density at radius 2 is 1.77 bits per heavy atom. The number of rotatable bonds is 5. The van der Waals surface area contributed by atoms with Crippen molar-refractivity contribution >= 4 is 23.8 Å². The molecule has 1 rings (SSSR count). The third-order valence-electron chi connectivity index (χ3n) is 2.78. The van der Waals surface area contributed by atoms with Gasteiger partial charge in [-0.15, -0.1) is 11.6 Å². The summed E-state index contributed by atoms with van der Waals surface area (Å²) in [4.78, 5) is 22.9. The predicted molar refractivity (Wildman–Crippen MR) is 82.0 cm³/mol. The Morgan fingerprint density at radius 1 is 1.18 bits per heavy atom. The number of nitrogens with two attached hydrogens (primary N) is 1. The first-order chi connectivity index (χ1) is 10.2. The van der Waals surface area contributed by atoms with Crippen LogP contribution in [0.15, 0.2) is 30.3 Å². The van der Waals surface area contributed by atoms with E-state index in [1.807, 2.05) is 20.8 Å². The molecule has 22 heavy (non-hydrogen) atoms. The summed E-state index contributed by atoms with van der Waals surface area (Å²) in [6.07, 6.45) is -3.58. The predicted octanol–water partition coefficient (Wildman–Crippen LogP) is 3.32. The molecule has 0 spiro atoms. The lowest BCUT2D eigenvalue weighted by molar-refractivity contribution is -0.0566. The number of ether oxygens (including phenoxy) is 3. The molecule has 0 heterocycles. The molecule has 0 saturated carbocycles. The highest BCUT2D eigenvalue weighted by atomic mass is 35.5. The van der Waals surface area contributed by atoms with Gasteiger partial charge in [0.15, 0.2) is 6.10 Å². The Hall–Kier alpha value is -1.95. The van der Waals surface area contributed by atoms with E-state index in [9.17, 15) is 9.59 Å². The Kier molecular flexibility index (Phi) is 6.49. The standard InChI is InChI=1S/C15H20ClNO5/c1-15(2,3)12(22-13(17)18)11(9-16)21-14(19)20-10-7-5-4-6-8-10/h4-8,11-12H,9H2,1-3H3,(H2,17,18)/t11-,12?/m1/s1. The molecule has 6 nitrogen and oxygen atoms in total. The number of amides is 1. The fourth-order valence-electron chi connectivity index (χ4n) is 1.84. The average molecular weight is 330 g/mol. The van der Waals surface area contributed by atoms with Crippen LogP contribution in [0.25, 0.3) is 0 Å². The van der Waals surface area contributed by atoms with Crippen LogP contribution >= 0.6 is 11.6 Å². The van der Waals surface area contributed by atoms with E-state index >= 15 is 0 Å². The summed E-state index contributed by atoms with van der Waals surface area (Å²) in [6, 6.07) is 8.44. The molecular weight excluding hydrogens is 310 g/mol. The van der Waals surface area contributed by atoms with E-state index in [1.54, 1.807) is 30.3 Å². The maximum Gasteiger partial charge on any atom is 0.514 e. The Labute approximate surface area is 134 Å². The van der Waals surface area contributed by atoms with Crippen LogP contribution in [0.2, 0.25) is 0 Å². The van der Waals surface area contributed by atoms with E-state index in [-0.39, 0.29) is 5.88 Å². The van der Waals surface area contributed by atoms with Gasteiger partial charge in [0.2, 0.25) is 0 Å². The van der Waals surface area contributed by atoms with Crippen molar-refractivity contribution in [3.63, 3.8) is 0 Å². The van der Waals surface area contributed by atoms with E-state index in [2.05, 4.69) is 0 Å². The largest absolute Gasteiger partial charge is 0.514 e. The van der Waals surface area contributed by atoms with Crippen molar-refractivity contribution in [1.82, 2.24) is 0 Å². The SMILES string of the molecule is CC(C)(C)C(OC(N)=O)[C@@H](CCl)OC(=O)Oc1ccccc1. The minimum atomic E-state index is -0.963. The number of hydrogen-bond acceptors (Lipinski definition) is 5. The molecule has 1 aromatic rings. The molecule has 2 atom stereocenters. The van der Waals surface area contributed by atoms with Crippen LogP contribution in [0.4, 0.5) is 9.59 Å². The molecule has 0 bridgehead atoms. The highest BCUT2D eigenvalue weighted by Crippen LogP contribution is 2.27. The van der Waals surface area contributed by atoms with Gasteiger partial charge >= 0.3 is 12.2 Å². The van der Waals surface area contributed by atoms with Gasteiger partial charge in [-0.3, -0.25) is 0 Å². The molecule has 0 radical (unpaired) electrons. The molecule has 0 saturated heterocycles. The van der Waals surface area contributed by atoms with Gasteiger partial charge in [0.25, 0.3) is 0 Å². The number of hydrogen-bond donors (Lipinski definition) is 1. The number of alkyl halides is 1. The van der Waals surface area contributed by atoms with E-state index in [0.29, 0.717) is 5.75 Å². The summed E-state index contributed by atoms with van der Waals surface area (Å²) in [7, 11) is 0. The molecule has 1 unspecified atom stereocenters. The molecule has 0 aliphatic heterocycles. The molecule has 0 aromatic heterocycles. The molecule has 0 aliphatic carbocycles. The number of primary amides is 1. The summed E-state index contributed by atoms with van der Waals surface area (Å²) in [5, 5.41) is 0. The fourth-order valence-corrected chi connectivity index (χ4v) is 2.07. The maximum absolute atomic E-state index is 11.8. The number of benzene rings is 1. The lowest BCUT2D eigenvalue weighted by atomic mass is 9.86. The first kappa shape index (κ1) is 18.1. The molecule has 122 valence electrons. The van der Waals surface area contributed by atoms with Crippen LogP contribution in [-0.4, -0.2) is 30.3 Å². The highest BCUT2D eigenvalue weighted by molar-refractivity contribution is 6.18. The number of carbonyl (C=O) groups is 2.